The molecule has 1 unspecified atom stereocenters. The number of amidine groups is 1. The lowest BCUT2D eigenvalue weighted by Gasteiger charge is -2.37. The molecule has 2 aromatic carbocycles. The summed E-state index contributed by atoms with van der Waals surface area (Å²) in [6, 6.07) is 16.4. The third-order valence-corrected chi connectivity index (χ3v) is 8.48. The number of ether oxygens (including phenoxy) is 2. The van der Waals surface area contributed by atoms with Crippen molar-refractivity contribution in [3.8, 4) is 0 Å². The molecule has 1 amide bonds. The van der Waals surface area contributed by atoms with Crippen molar-refractivity contribution < 1.29 is 23.9 Å². The Morgan fingerprint density at radius 3 is 2.32 bits per heavy atom. The fourth-order valence-corrected chi connectivity index (χ4v) is 6.38. The molecule has 0 bridgehead atoms. The number of carbonyl (C=O) groups excluding carboxylic acids is 3. The number of amides is 1. The van der Waals surface area contributed by atoms with Crippen LogP contribution >= 0.6 is 23.4 Å². The van der Waals surface area contributed by atoms with Crippen molar-refractivity contribution in [3.05, 3.63) is 87.4 Å². The van der Waals surface area contributed by atoms with E-state index in [1.807, 2.05) is 52.8 Å². The first-order valence-electron chi connectivity index (χ1n) is 13.8. The number of aliphatic imine (C=N–C) groups is 1. The number of fused-ring (bicyclic) bond motifs is 1. The minimum atomic E-state index is -0.572. The largest absolute Gasteiger partial charge is 0.466 e. The number of likely N-dealkylation sites (tertiary alicyclic amines) is 1. The van der Waals surface area contributed by atoms with Gasteiger partial charge < -0.3 is 19.3 Å². The first-order valence-corrected chi connectivity index (χ1v) is 15.1. The zero-order valence-corrected chi connectivity index (χ0v) is 24.6. The van der Waals surface area contributed by atoms with Gasteiger partial charge in [-0.3, -0.25) is 9.59 Å². The number of thioether (sulfide) groups is 1. The van der Waals surface area contributed by atoms with Crippen LogP contribution in [0.25, 0.3) is 5.70 Å². The van der Waals surface area contributed by atoms with Crippen molar-refractivity contribution in [2.45, 2.75) is 39.2 Å². The van der Waals surface area contributed by atoms with Gasteiger partial charge in [0, 0.05) is 29.4 Å². The monoisotopic (exact) mass is 593 g/mol. The Balaban J connectivity index is 1.46. The van der Waals surface area contributed by atoms with E-state index in [9.17, 15) is 14.4 Å². The van der Waals surface area contributed by atoms with Crippen molar-refractivity contribution in [3.63, 3.8) is 0 Å². The summed E-state index contributed by atoms with van der Waals surface area (Å²) >= 11 is 7.66. The highest BCUT2D eigenvalue weighted by Gasteiger charge is 2.42. The normalized spacial score (nSPS) is 19.0. The Labute approximate surface area is 249 Å². The molecule has 5 rings (SSSR count). The SMILES string of the molecule is CCOC(=O)C1=C(c2ccccc2)N=C2SC=C(CC(=O)N3CCC(C(=O)OCC)CC3)N2C1c1ccc(Cl)cc1. The van der Waals surface area contributed by atoms with Crippen LogP contribution in [0.1, 0.15) is 50.3 Å². The lowest BCUT2D eigenvalue weighted by molar-refractivity contribution is -0.151. The van der Waals surface area contributed by atoms with Gasteiger partial charge in [0.05, 0.1) is 42.9 Å². The molecule has 1 saturated heterocycles. The van der Waals surface area contributed by atoms with Crippen LogP contribution in [0.15, 0.2) is 76.3 Å². The fraction of sp³-hybridized carbons (Fsp3) is 0.355. The molecule has 214 valence electrons. The number of benzene rings is 2. The Morgan fingerprint density at radius 1 is 0.976 bits per heavy atom. The van der Waals surface area contributed by atoms with E-state index in [1.165, 1.54) is 11.8 Å². The summed E-state index contributed by atoms with van der Waals surface area (Å²) in [5, 5.41) is 3.19. The minimum Gasteiger partial charge on any atom is -0.466 e. The standard InChI is InChI=1S/C31H32ClN3O5S/c1-3-39-29(37)22-14-16-34(17-15-22)25(36)18-24-19-41-31-33-27(20-8-6-5-7-9-20)26(30(38)40-4-2)28(35(24)31)21-10-12-23(32)13-11-21/h5-13,19,22,28H,3-4,14-18H2,1-2H3. The van der Waals surface area contributed by atoms with Crippen LogP contribution in [0, 0.1) is 5.92 Å². The second-order valence-electron chi connectivity index (χ2n) is 9.88. The summed E-state index contributed by atoms with van der Waals surface area (Å²) in [4.78, 5) is 47.9. The molecule has 1 fully saturated rings. The highest BCUT2D eigenvalue weighted by atomic mass is 35.5. The van der Waals surface area contributed by atoms with Crippen LogP contribution in [0.5, 0.6) is 0 Å². The van der Waals surface area contributed by atoms with Gasteiger partial charge in [-0.05, 0) is 49.8 Å². The van der Waals surface area contributed by atoms with Crippen LogP contribution in [0.4, 0.5) is 0 Å². The molecule has 0 spiro atoms. The number of hydrogen-bond donors (Lipinski definition) is 0. The van der Waals surface area contributed by atoms with E-state index in [0.717, 1.165) is 16.8 Å². The molecule has 10 heteroatoms. The molecule has 8 nitrogen and oxygen atoms in total. The van der Waals surface area contributed by atoms with Gasteiger partial charge in [0.2, 0.25) is 5.91 Å². The summed E-state index contributed by atoms with van der Waals surface area (Å²) in [5.74, 6) is -0.866. The molecule has 0 aliphatic carbocycles. The molecule has 1 atom stereocenters. The number of esters is 2. The Kier molecular flexibility index (Phi) is 9.15. The van der Waals surface area contributed by atoms with Crippen molar-refractivity contribution in [2.24, 2.45) is 10.9 Å². The first-order chi connectivity index (χ1) is 19.9. The highest BCUT2D eigenvalue weighted by molar-refractivity contribution is 8.16. The van der Waals surface area contributed by atoms with Crippen molar-refractivity contribution in [2.75, 3.05) is 26.3 Å². The van der Waals surface area contributed by atoms with E-state index in [2.05, 4.69) is 0 Å². The lowest BCUT2D eigenvalue weighted by Crippen LogP contribution is -2.42. The van der Waals surface area contributed by atoms with Crippen LogP contribution in [-0.4, -0.2) is 59.1 Å². The van der Waals surface area contributed by atoms with Crippen molar-refractivity contribution in [1.29, 1.82) is 0 Å². The van der Waals surface area contributed by atoms with Gasteiger partial charge in [-0.15, -0.1) is 0 Å². The zero-order chi connectivity index (χ0) is 28.9. The molecule has 0 aromatic heterocycles. The van der Waals surface area contributed by atoms with Crippen LogP contribution in [0.2, 0.25) is 5.02 Å². The number of piperidine rings is 1. The summed E-state index contributed by atoms with van der Waals surface area (Å²) in [7, 11) is 0. The van der Waals surface area contributed by atoms with Crippen molar-refractivity contribution in [1.82, 2.24) is 9.80 Å². The predicted octanol–water partition coefficient (Wildman–Crippen LogP) is 5.81. The topological polar surface area (TPSA) is 88.5 Å². The molecule has 0 saturated carbocycles. The summed E-state index contributed by atoms with van der Waals surface area (Å²) in [6.45, 7) is 5.13. The molecule has 3 heterocycles. The number of hydrogen-bond acceptors (Lipinski definition) is 8. The quantitative estimate of drug-likeness (QED) is 0.357. The van der Waals surface area contributed by atoms with Gasteiger partial charge in [0.1, 0.15) is 0 Å². The van der Waals surface area contributed by atoms with E-state index >= 15 is 0 Å². The third kappa shape index (κ3) is 6.21. The van der Waals surface area contributed by atoms with Crippen LogP contribution in [-0.2, 0) is 23.9 Å². The van der Waals surface area contributed by atoms with Gasteiger partial charge in [0.15, 0.2) is 5.17 Å². The molecular weight excluding hydrogens is 562 g/mol. The lowest BCUT2D eigenvalue weighted by atomic mass is 9.91. The zero-order valence-electron chi connectivity index (χ0n) is 23.0. The molecule has 3 aliphatic heterocycles. The molecule has 41 heavy (non-hydrogen) atoms. The number of rotatable bonds is 8. The Morgan fingerprint density at radius 2 is 1.66 bits per heavy atom. The summed E-state index contributed by atoms with van der Waals surface area (Å²) in [6.07, 6.45) is 1.30. The number of halogens is 1. The third-order valence-electron chi connectivity index (χ3n) is 7.34. The molecule has 0 N–H and O–H groups in total. The molecular formula is C31H32ClN3O5S. The second-order valence-corrected chi connectivity index (χ2v) is 11.2. The van der Waals surface area contributed by atoms with Gasteiger partial charge in [0.25, 0.3) is 0 Å². The van der Waals surface area contributed by atoms with E-state index in [-0.39, 0.29) is 30.8 Å². The Hall–Kier alpha value is -3.56. The molecule has 0 radical (unpaired) electrons. The second kappa shape index (κ2) is 13.0. The van der Waals surface area contributed by atoms with Crippen LogP contribution in [0.3, 0.4) is 0 Å². The fourth-order valence-electron chi connectivity index (χ4n) is 5.34. The number of nitrogens with zero attached hydrogens (tertiary/aromatic N) is 3. The van der Waals surface area contributed by atoms with Crippen molar-refractivity contribution >= 4 is 52.1 Å². The highest BCUT2D eigenvalue weighted by Crippen LogP contribution is 2.47. The molecule has 2 aromatic rings. The van der Waals surface area contributed by atoms with E-state index in [0.29, 0.717) is 54.0 Å². The number of carbonyl (C=O) groups is 3. The molecule has 3 aliphatic rings. The average molecular weight is 594 g/mol. The van der Waals surface area contributed by atoms with E-state index < -0.39 is 12.0 Å². The maximum absolute atomic E-state index is 13.6. The maximum Gasteiger partial charge on any atom is 0.338 e. The summed E-state index contributed by atoms with van der Waals surface area (Å²) in [5.41, 5.74) is 3.33. The maximum atomic E-state index is 13.6. The minimum absolute atomic E-state index is 0.0363. The summed E-state index contributed by atoms with van der Waals surface area (Å²) < 4.78 is 10.7. The van der Waals surface area contributed by atoms with Gasteiger partial charge in [-0.25, -0.2) is 9.79 Å². The van der Waals surface area contributed by atoms with E-state index in [1.54, 1.807) is 30.9 Å². The van der Waals surface area contributed by atoms with Gasteiger partial charge >= 0.3 is 11.9 Å². The van der Waals surface area contributed by atoms with Gasteiger partial charge in [-0.2, -0.15) is 0 Å². The van der Waals surface area contributed by atoms with Gasteiger partial charge in [-0.1, -0.05) is 65.8 Å². The van der Waals surface area contributed by atoms with E-state index in [4.69, 9.17) is 26.1 Å². The predicted molar refractivity (Wildman–Crippen MR) is 160 cm³/mol. The average Bonchev–Trinajstić information content (AvgIpc) is 3.39. The first kappa shape index (κ1) is 29.0. The smallest absolute Gasteiger partial charge is 0.338 e. The Bertz CT molecular complexity index is 1400. The van der Waals surface area contributed by atoms with Crippen LogP contribution < -0.4 is 0 Å².